The quantitative estimate of drug-likeness (QED) is 0.0576. The van der Waals surface area contributed by atoms with E-state index in [-0.39, 0.29) is 48.6 Å². The molecule has 6 N–H and O–H groups in total. The summed E-state index contributed by atoms with van der Waals surface area (Å²) in [6.45, 7) is 0.945. The van der Waals surface area contributed by atoms with Crippen molar-refractivity contribution in [3.63, 3.8) is 0 Å². The molecule has 3 fully saturated rings. The largest absolute Gasteiger partial charge is 0.508 e. The van der Waals surface area contributed by atoms with Crippen LogP contribution in [0.15, 0.2) is 48.5 Å². The zero-order chi connectivity index (χ0) is 43.7. The van der Waals surface area contributed by atoms with Crippen LogP contribution in [0.1, 0.15) is 109 Å². The Balaban J connectivity index is 1.13. The molecule has 0 radical (unpaired) electrons. The molecule has 1 aromatic heterocycles. The highest BCUT2D eigenvalue weighted by molar-refractivity contribution is 8.76. The Labute approximate surface area is 381 Å². The van der Waals surface area contributed by atoms with Gasteiger partial charge in [0.05, 0.1) is 12.0 Å². The predicted molar refractivity (Wildman–Crippen MR) is 249 cm³/mol. The number of nitrogens with one attached hydrogen (secondary N) is 1. The Kier molecular flexibility index (Phi) is 10.9. The number of hydrogen-bond donors (Lipinski definition) is 5. The molecular weight excluding hydrogens is 847 g/mol. The number of rotatable bonds is 4. The smallest absolute Gasteiger partial charge is 0.302 e. The van der Waals surface area contributed by atoms with E-state index in [2.05, 4.69) is 47.5 Å². The van der Waals surface area contributed by atoms with Crippen LogP contribution in [0.3, 0.4) is 0 Å². The molecule has 11 nitrogen and oxygen atoms in total. The number of anilines is 1. The van der Waals surface area contributed by atoms with E-state index in [1.807, 2.05) is 33.7 Å². The van der Waals surface area contributed by atoms with Gasteiger partial charge in [0.25, 0.3) is 0 Å². The van der Waals surface area contributed by atoms with Crippen LogP contribution in [0.2, 0.25) is 0 Å². The molecule has 5 heterocycles. The van der Waals surface area contributed by atoms with Crippen LogP contribution in [0, 0.1) is 23.7 Å². The fourth-order valence-corrected chi connectivity index (χ4v) is 14.8. The minimum Gasteiger partial charge on any atom is -0.508 e. The van der Waals surface area contributed by atoms with Crippen LogP contribution < -0.4 is 25.3 Å². The molecule has 8 atom stereocenters. The Morgan fingerprint density at radius 3 is 2.80 bits per heavy atom. The number of esters is 1. The lowest BCUT2D eigenvalue weighted by atomic mass is 9.65. The molecule has 3 aromatic carbocycles. The van der Waals surface area contributed by atoms with Gasteiger partial charge in [-0.1, -0.05) is 64.3 Å². The fourth-order valence-electron chi connectivity index (χ4n) is 12.1. The number of nitrogen functional groups attached to an aromatic ring is 1. The molecule has 64 heavy (non-hydrogen) atoms. The number of phenolic OH excluding ortho intramolecular Hbond substituents is 2. The first kappa shape index (κ1) is 41.7. The van der Waals surface area contributed by atoms with Crippen molar-refractivity contribution < 1.29 is 39.1 Å². The van der Waals surface area contributed by atoms with Gasteiger partial charge in [-0.2, -0.15) is 0 Å². The minimum absolute atomic E-state index is 0.0333. The highest BCUT2D eigenvalue weighted by Gasteiger charge is 2.51. The van der Waals surface area contributed by atoms with Crippen molar-refractivity contribution >= 4 is 39.5 Å². The van der Waals surface area contributed by atoms with Crippen LogP contribution >= 0.6 is 21.6 Å². The van der Waals surface area contributed by atoms with E-state index in [1.54, 1.807) is 12.1 Å². The number of phenols is 2. The normalized spacial score (nSPS) is 28.3. The first-order valence-electron chi connectivity index (χ1n) is 22.7. The third-order valence-electron chi connectivity index (χ3n) is 14.8. The van der Waals surface area contributed by atoms with E-state index in [0.29, 0.717) is 41.4 Å². The number of aliphatic hydroxyl groups excluding tert-OH is 1. The molecule has 332 valence electrons. The van der Waals surface area contributed by atoms with Crippen molar-refractivity contribution in [2.75, 3.05) is 30.6 Å². The number of carbonyl (C=O) groups is 1. The summed E-state index contributed by atoms with van der Waals surface area (Å²) in [5, 5.41) is 37.1. The van der Waals surface area contributed by atoms with Crippen LogP contribution in [0.5, 0.6) is 28.7 Å². The molecule has 1 saturated heterocycles. The molecule has 0 unspecified atom stereocenters. The average molecular weight is 900 g/mol. The average Bonchev–Trinajstić information content (AvgIpc) is 3.78. The lowest BCUT2D eigenvalue weighted by molar-refractivity contribution is -0.141. The van der Waals surface area contributed by atoms with E-state index in [4.69, 9.17) is 29.7 Å². The van der Waals surface area contributed by atoms with Gasteiger partial charge < -0.3 is 45.3 Å². The Morgan fingerprint density at radius 2 is 1.92 bits per heavy atom. The third kappa shape index (κ3) is 7.44. The summed E-state index contributed by atoms with van der Waals surface area (Å²) < 4.78 is 26.3. The molecule has 11 rings (SSSR count). The van der Waals surface area contributed by atoms with Gasteiger partial charge >= 0.3 is 5.97 Å². The van der Waals surface area contributed by atoms with E-state index in [0.717, 1.165) is 106 Å². The van der Waals surface area contributed by atoms with Crippen molar-refractivity contribution in [1.82, 2.24) is 10.3 Å². The van der Waals surface area contributed by atoms with Gasteiger partial charge in [0.15, 0.2) is 18.3 Å². The Hall–Kier alpha value is -5.00. The van der Waals surface area contributed by atoms with Crippen molar-refractivity contribution in [1.29, 1.82) is 0 Å². The number of fused-ring (bicyclic) bond motifs is 12. The van der Waals surface area contributed by atoms with Gasteiger partial charge in [-0.15, -0.1) is 0 Å². The summed E-state index contributed by atoms with van der Waals surface area (Å²) in [5.41, 5.74) is 14.6. The number of nitrogens with zero attached hydrogens (tertiary/aromatic N) is 1. The molecule has 0 amide bonds. The third-order valence-corrected chi connectivity index (χ3v) is 17.3. The summed E-state index contributed by atoms with van der Waals surface area (Å²) in [4.78, 5) is 17.4. The molecule has 13 heteroatoms. The van der Waals surface area contributed by atoms with E-state index < -0.39 is 24.2 Å². The molecule has 1 spiro atoms. The number of aromatic hydroxyl groups is 2. The maximum atomic E-state index is 12.7. The molecule has 7 aliphatic rings. The first-order valence-corrected chi connectivity index (χ1v) is 25.2. The van der Waals surface area contributed by atoms with Gasteiger partial charge in [0.2, 0.25) is 0 Å². The number of carbonyl (C=O) groups excluding carboxylic acids is 1. The van der Waals surface area contributed by atoms with E-state index in [9.17, 15) is 20.1 Å². The lowest BCUT2D eigenvalue weighted by Crippen LogP contribution is -2.49. The second-order valence-electron chi connectivity index (χ2n) is 18.8. The topological polar surface area (TPSA) is 166 Å². The van der Waals surface area contributed by atoms with Crippen LogP contribution in [-0.2, 0) is 34.2 Å². The number of pyridine rings is 1. The number of aliphatic hydroxyl groups is 1. The fraction of sp³-hybridized carbons (Fsp3) is 0.451. The first-order chi connectivity index (χ1) is 31.1. The Bertz CT molecular complexity index is 2640. The number of ether oxygens (including phenoxy) is 4. The standard InChI is InChI=1S/C51H53N3O8S2/c1-27(56)59-23-38-35-9-10-36-45-32(18-34(57)20-42(45)60-26-55)22-51-15-14-28(21-51)16-30-8-13-44(52)54-39(30)7-3-5-31-19-41(58)48-37(46(31)49(38)62-50(35)47(36)51)11-12-40-43(61-48)25-64-63-24-29-4-2-6-33(17-29)53-40/h8-13,18-20,28-29,33,38,40,43,49,53,55,57-58H,2,4-6,14-17,21-26H2,1H3,(H2,52,54)/t28-,29-,33+,38+,40+,43-,49+,51-/m1/s1. The molecule has 3 aliphatic carbocycles. The maximum absolute atomic E-state index is 12.7. The van der Waals surface area contributed by atoms with Gasteiger partial charge in [-0.25, -0.2) is 4.98 Å². The van der Waals surface area contributed by atoms with Crippen LogP contribution in [0.25, 0.3) is 17.2 Å². The highest BCUT2D eigenvalue weighted by atomic mass is 33.1. The number of nitrogens with two attached hydrogens (primary N) is 1. The summed E-state index contributed by atoms with van der Waals surface area (Å²) in [6.07, 6.45) is 12.4. The number of aromatic nitrogens is 1. The van der Waals surface area contributed by atoms with E-state index >= 15 is 0 Å². The van der Waals surface area contributed by atoms with Crippen molar-refractivity contribution in [2.45, 2.75) is 107 Å². The monoisotopic (exact) mass is 899 g/mol. The molecular formula is C51H53N3O8S2. The van der Waals surface area contributed by atoms with Crippen molar-refractivity contribution in [2.24, 2.45) is 11.8 Å². The number of benzene rings is 3. The van der Waals surface area contributed by atoms with Gasteiger partial charge in [-0.3, -0.25) is 4.79 Å². The molecule has 4 aliphatic heterocycles. The van der Waals surface area contributed by atoms with Gasteiger partial charge in [0, 0.05) is 70.2 Å². The lowest BCUT2D eigenvalue weighted by Gasteiger charge is -2.39. The number of hydrogen-bond acceptors (Lipinski definition) is 13. The second kappa shape index (κ2) is 16.8. The van der Waals surface area contributed by atoms with Crippen LogP contribution in [0.4, 0.5) is 5.82 Å². The molecule has 6 bridgehead atoms. The summed E-state index contributed by atoms with van der Waals surface area (Å²) in [6, 6.07) is 13.5. The van der Waals surface area contributed by atoms with Crippen molar-refractivity contribution in [3.8, 4) is 51.7 Å². The Morgan fingerprint density at radius 1 is 1.03 bits per heavy atom. The predicted octanol–water partition coefficient (Wildman–Crippen LogP) is 8.28. The van der Waals surface area contributed by atoms with E-state index in [1.165, 1.54) is 19.8 Å². The molecule has 2 saturated carbocycles. The highest BCUT2D eigenvalue weighted by Crippen LogP contribution is 2.63. The summed E-state index contributed by atoms with van der Waals surface area (Å²) in [5.74, 6) is 10.9. The zero-order valence-electron chi connectivity index (χ0n) is 35.9. The van der Waals surface area contributed by atoms with Crippen LogP contribution in [-0.4, -0.2) is 69.4 Å². The second-order valence-corrected chi connectivity index (χ2v) is 21.4. The van der Waals surface area contributed by atoms with Crippen molar-refractivity contribution in [3.05, 3.63) is 93.2 Å². The zero-order valence-corrected chi connectivity index (χ0v) is 37.5. The molecule has 4 aromatic rings. The van der Waals surface area contributed by atoms with Gasteiger partial charge in [-0.05, 0) is 110 Å². The van der Waals surface area contributed by atoms with Gasteiger partial charge in [0.1, 0.15) is 47.6 Å². The maximum Gasteiger partial charge on any atom is 0.302 e. The summed E-state index contributed by atoms with van der Waals surface area (Å²) >= 11 is 0. The summed E-state index contributed by atoms with van der Waals surface area (Å²) in [7, 11) is 3.76. The SMILES string of the molecule is CC(=O)OC[C@H]1c2ccc3c4c2O[C@@H]1c1c(cc(O)c2c1C=C[C@@H]1N[C@H]5CCC[C@@H](CSSC[C@H]1O2)C5)CC#Cc1nc(N)ccc1C[C@H]1CC[C@]4(Cc2cc(O)cc(OCO)c2-3)C1. The minimum atomic E-state index is -0.663.